The van der Waals surface area contributed by atoms with Gasteiger partial charge in [0.1, 0.15) is 17.3 Å². The summed E-state index contributed by atoms with van der Waals surface area (Å²) >= 11 is 13.4. The SMILES string of the molecule is CCOc1ccc(C2C(C(=O)OC(C)C)=C(C)N=c3s/c(=C/c4ccc(-c5ccc(Cl)c(Cl)c5)o4)c(=O)n32)cc1. The molecule has 1 aliphatic heterocycles. The highest BCUT2D eigenvalue weighted by molar-refractivity contribution is 7.07. The first-order valence-electron chi connectivity index (χ1n) is 12.7. The first kappa shape index (κ1) is 28.0. The number of hydrogen-bond acceptors (Lipinski definition) is 7. The predicted octanol–water partition coefficient (Wildman–Crippen LogP) is 6.15. The molecule has 1 unspecified atom stereocenters. The molecule has 4 aromatic rings. The molecule has 10 heteroatoms. The van der Waals surface area contributed by atoms with Crippen LogP contribution in [0.4, 0.5) is 0 Å². The van der Waals surface area contributed by atoms with Crippen molar-refractivity contribution < 1.29 is 18.7 Å². The number of nitrogens with zero attached hydrogens (tertiary/aromatic N) is 2. The fourth-order valence-electron chi connectivity index (χ4n) is 4.45. The van der Waals surface area contributed by atoms with E-state index >= 15 is 0 Å². The molecule has 0 amide bonds. The van der Waals surface area contributed by atoms with Crippen LogP contribution in [-0.2, 0) is 9.53 Å². The minimum absolute atomic E-state index is 0.294. The van der Waals surface area contributed by atoms with Crippen molar-refractivity contribution >= 4 is 46.6 Å². The highest BCUT2D eigenvalue weighted by atomic mass is 35.5. The molecule has 0 saturated heterocycles. The lowest BCUT2D eigenvalue weighted by Crippen LogP contribution is -2.40. The van der Waals surface area contributed by atoms with Crippen molar-refractivity contribution in [3.8, 4) is 17.1 Å². The van der Waals surface area contributed by atoms with E-state index in [-0.39, 0.29) is 11.7 Å². The van der Waals surface area contributed by atoms with Crippen LogP contribution in [0.5, 0.6) is 5.75 Å². The summed E-state index contributed by atoms with van der Waals surface area (Å²) in [5.74, 6) is 1.25. The molecule has 0 N–H and O–H groups in total. The van der Waals surface area contributed by atoms with E-state index in [1.807, 2.05) is 37.3 Å². The van der Waals surface area contributed by atoms with Crippen LogP contribution >= 0.6 is 34.5 Å². The van der Waals surface area contributed by atoms with Crippen molar-refractivity contribution in [2.75, 3.05) is 6.61 Å². The molecule has 5 rings (SSSR count). The molecule has 2 aromatic carbocycles. The van der Waals surface area contributed by atoms with Crippen molar-refractivity contribution in [3.63, 3.8) is 0 Å². The number of benzene rings is 2. The molecule has 2 aromatic heterocycles. The Morgan fingerprint density at radius 1 is 1.12 bits per heavy atom. The summed E-state index contributed by atoms with van der Waals surface area (Å²) in [5, 5.41) is 0.870. The number of thiazole rings is 1. The summed E-state index contributed by atoms with van der Waals surface area (Å²) in [4.78, 5) is 32.2. The Labute approximate surface area is 244 Å². The number of allylic oxidation sites excluding steroid dienone is 1. The molecule has 40 heavy (non-hydrogen) atoms. The lowest BCUT2D eigenvalue weighted by atomic mass is 9.96. The summed E-state index contributed by atoms with van der Waals surface area (Å²) in [6.07, 6.45) is 1.34. The van der Waals surface area contributed by atoms with Gasteiger partial charge in [0, 0.05) is 11.6 Å². The smallest absolute Gasteiger partial charge is 0.338 e. The van der Waals surface area contributed by atoms with E-state index in [2.05, 4.69) is 4.99 Å². The van der Waals surface area contributed by atoms with E-state index in [0.717, 1.165) is 11.1 Å². The van der Waals surface area contributed by atoms with Crippen molar-refractivity contribution in [2.24, 2.45) is 4.99 Å². The topological polar surface area (TPSA) is 83.0 Å². The number of rotatable bonds is 7. The second-order valence-corrected chi connectivity index (χ2v) is 11.2. The van der Waals surface area contributed by atoms with Crippen molar-refractivity contribution in [2.45, 2.75) is 39.8 Å². The molecule has 1 aliphatic rings. The van der Waals surface area contributed by atoms with Gasteiger partial charge in [-0.3, -0.25) is 9.36 Å². The van der Waals surface area contributed by atoms with Crippen LogP contribution in [0.25, 0.3) is 17.4 Å². The monoisotopic (exact) mass is 596 g/mol. The molecule has 7 nitrogen and oxygen atoms in total. The third-order valence-corrected chi connectivity index (χ3v) is 7.92. The normalized spacial score (nSPS) is 15.3. The molecule has 0 spiro atoms. The van der Waals surface area contributed by atoms with E-state index in [1.165, 1.54) is 11.3 Å². The van der Waals surface area contributed by atoms with Gasteiger partial charge in [-0.15, -0.1) is 0 Å². The lowest BCUT2D eigenvalue weighted by Gasteiger charge is -2.25. The fraction of sp³-hybridized carbons (Fsp3) is 0.233. The van der Waals surface area contributed by atoms with Gasteiger partial charge < -0.3 is 13.9 Å². The number of carbonyl (C=O) groups is 1. The zero-order valence-electron chi connectivity index (χ0n) is 22.2. The minimum atomic E-state index is -0.719. The number of halogens is 2. The second kappa shape index (κ2) is 11.5. The molecular formula is C30H26Cl2N2O5S. The molecule has 3 heterocycles. The van der Waals surface area contributed by atoms with E-state index < -0.39 is 12.0 Å². The highest BCUT2D eigenvalue weighted by Crippen LogP contribution is 2.32. The molecule has 0 bridgehead atoms. The number of carbonyl (C=O) groups excluding carboxylic acids is 1. The lowest BCUT2D eigenvalue weighted by molar-refractivity contribution is -0.143. The highest BCUT2D eigenvalue weighted by Gasteiger charge is 2.33. The van der Waals surface area contributed by atoms with E-state index in [9.17, 15) is 9.59 Å². The van der Waals surface area contributed by atoms with Gasteiger partial charge in [-0.05, 0) is 75.7 Å². The van der Waals surface area contributed by atoms with Crippen LogP contribution in [0.1, 0.15) is 45.1 Å². The van der Waals surface area contributed by atoms with Crippen LogP contribution in [-0.4, -0.2) is 23.2 Å². The molecule has 1 atom stereocenters. The van der Waals surface area contributed by atoms with Gasteiger partial charge in [-0.25, -0.2) is 9.79 Å². The van der Waals surface area contributed by atoms with E-state index in [4.69, 9.17) is 37.1 Å². The number of hydrogen-bond donors (Lipinski definition) is 0. The molecule has 206 valence electrons. The molecule has 0 fully saturated rings. The number of furan rings is 1. The Morgan fingerprint density at radius 2 is 1.88 bits per heavy atom. The molecule has 0 saturated carbocycles. The number of esters is 1. The van der Waals surface area contributed by atoms with Crippen LogP contribution in [0.15, 0.2) is 80.1 Å². The van der Waals surface area contributed by atoms with Gasteiger partial charge in [0.25, 0.3) is 5.56 Å². The van der Waals surface area contributed by atoms with Gasteiger partial charge >= 0.3 is 5.97 Å². The van der Waals surface area contributed by atoms with Gasteiger partial charge in [0.05, 0.1) is 44.6 Å². The Bertz CT molecular complexity index is 1800. The molecule has 0 aliphatic carbocycles. The van der Waals surface area contributed by atoms with Gasteiger partial charge in [-0.1, -0.05) is 46.7 Å². The van der Waals surface area contributed by atoms with E-state index in [0.29, 0.717) is 54.5 Å². The quantitative estimate of drug-likeness (QED) is 0.239. The zero-order chi connectivity index (χ0) is 28.6. The Hall–Kier alpha value is -3.59. The van der Waals surface area contributed by atoms with Gasteiger partial charge in [-0.2, -0.15) is 0 Å². The predicted molar refractivity (Wildman–Crippen MR) is 157 cm³/mol. The Kier molecular flexibility index (Phi) is 8.03. The van der Waals surface area contributed by atoms with Crippen molar-refractivity contribution in [1.29, 1.82) is 0 Å². The Morgan fingerprint density at radius 3 is 2.55 bits per heavy atom. The first-order valence-corrected chi connectivity index (χ1v) is 14.2. The van der Waals surface area contributed by atoms with Gasteiger partial charge in [0.15, 0.2) is 4.80 Å². The summed E-state index contributed by atoms with van der Waals surface area (Å²) < 4.78 is 19.1. The number of aromatic nitrogens is 1. The van der Waals surface area contributed by atoms with Gasteiger partial charge in [0.2, 0.25) is 0 Å². The van der Waals surface area contributed by atoms with Crippen molar-refractivity contribution in [3.05, 3.63) is 107 Å². The second-order valence-electron chi connectivity index (χ2n) is 9.37. The zero-order valence-corrected chi connectivity index (χ0v) is 24.6. The summed E-state index contributed by atoms with van der Waals surface area (Å²) in [6, 6.07) is 15.4. The third-order valence-electron chi connectivity index (χ3n) is 6.20. The largest absolute Gasteiger partial charge is 0.494 e. The van der Waals surface area contributed by atoms with Crippen molar-refractivity contribution in [1.82, 2.24) is 4.57 Å². The van der Waals surface area contributed by atoms with Crippen LogP contribution < -0.4 is 19.6 Å². The van der Waals surface area contributed by atoms with Crippen LogP contribution in [0, 0.1) is 0 Å². The fourth-order valence-corrected chi connectivity index (χ4v) is 5.78. The van der Waals surface area contributed by atoms with E-state index in [1.54, 1.807) is 55.7 Å². The summed E-state index contributed by atoms with van der Waals surface area (Å²) in [7, 11) is 0. The van der Waals surface area contributed by atoms with Crippen LogP contribution in [0.2, 0.25) is 10.0 Å². The number of ether oxygens (including phenoxy) is 2. The Balaban J connectivity index is 1.61. The summed E-state index contributed by atoms with van der Waals surface area (Å²) in [6.45, 7) is 7.75. The summed E-state index contributed by atoms with van der Waals surface area (Å²) in [5.41, 5.74) is 2.02. The first-order chi connectivity index (χ1) is 19.2. The maximum atomic E-state index is 13.8. The number of fused-ring (bicyclic) bond motifs is 1. The van der Waals surface area contributed by atoms with Crippen LogP contribution in [0.3, 0.4) is 0 Å². The molecule has 0 radical (unpaired) electrons. The average molecular weight is 598 g/mol. The third kappa shape index (κ3) is 5.52. The average Bonchev–Trinajstić information content (AvgIpc) is 3.49. The standard InChI is InChI=1S/C30H26Cl2N2O5S/c1-5-37-20-9-6-18(7-10-20)27-26(29(36)38-16(2)3)17(4)33-30-34(27)28(35)25(40-30)15-21-11-13-24(39-21)19-8-12-22(31)23(32)14-19/h6-16,27H,5H2,1-4H3/b25-15+. The maximum Gasteiger partial charge on any atom is 0.338 e. The maximum absolute atomic E-state index is 13.8. The minimum Gasteiger partial charge on any atom is -0.494 e. The molecular weight excluding hydrogens is 571 g/mol.